The molecule has 1 aliphatic heterocycles. The Bertz CT molecular complexity index is 461. The molecule has 1 aromatic rings. The molecule has 0 unspecified atom stereocenters. The lowest BCUT2D eigenvalue weighted by Gasteiger charge is -2.34. The van der Waals surface area contributed by atoms with Crippen molar-refractivity contribution in [3.05, 3.63) is 12.4 Å². The number of hydrogen-bond donors (Lipinski definition) is 2. The minimum atomic E-state index is -1.03. The molecule has 0 aliphatic carbocycles. The van der Waals surface area contributed by atoms with Gasteiger partial charge in [0.2, 0.25) is 5.88 Å². The Balaban J connectivity index is 2.12. The summed E-state index contributed by atoms with van der Waals surface area (Å²) in [5.74, 6) is 0.00258. The van der Waals surface area contributed by atoms with Crippen LogP contribution in [0.25, 0.3) is 0 Å². The Morgan fingerprint density at radius 3 is 2.90 bits per heavy atom. The standard InChI is InChI=1S/C13H19N3O4/c1-2-5-20-11-8-10(14-9-15-11)16-13(12(17)18)3-6-19-7-4-13/h8-9H,2-7H2,1H3,(H,17,18)(H,14,15,16). The first-order valence-corrected chi connectivity index (χ1v) is 6.70. The molecule has 20 heavy (non-hydrogen) atoms. The Hall–Kier alpha value is -1.89. The van der Waals surface area contributed by atoms with Gasteiger partial charge >= 0.3 is 5.97 Å². The largest absolute Gasteiger partial charge is 0.480 e. The van der Waals surface area contributed by atoms with E-state index in [2.05, 4.69) is 15.3 Å². The van der Waals surface area contributed by atoms with Gasteiger partial charge in [-0.3, -0.25) is 0 Å². The zero-order valence-electron chi connectivity index (χ0n) is 11.5. The summed E-state index contributed by atoms with van der Waals surface area (Å²) in [6, 6.07) is 1.62. The molecule has 1 aromatic heterocycles. The van der Waals surface area contributed by atoms with Crippen molar-refractivity contribution in [1.82, 2.24) is 9.97 Å². The average molecular weight is 281 g/mol. The summed E-state index contributed by atoms with van der Waals surface area (Å²) in [6.07, 6.45) is 3.04. The maximum absolute atomic E-state index is 11.5. The van der Waals surface area contributed by atoms with Crippen molar-refractivity contribution in [2.75, 3.05) is 25.1 Å². The van der Waals surface area contributed by atoms with Gasteiger partial charge in [-0.15, -0.1) is 0 Å². The van der Waals surface area contributed by atoms with Crippen LogP contribution in [-0.4, -0.2) is 46.4 Å². The first-order valence-electron chi connectivity index (χ1n) is 6.70. The number of hydrogen-bond acceptors (Lipinski definition) is 6. The number of nitrogens with zero attached hydrogens (tertiary/aromatic N) is 2. The van der Waals surface area contributed by atoms with Gasteiger partial charge in [-0.2, -0.15) is 0 Å². The summed E-state index contributed by atoms with van der Waals surface area (Å²) in [4.78, 5) is 19.6. The highest BCUT2D eigenvalue weighted by molar-refractivity contribution is 5.82. The molecule has 7 heteroatoms. The predicted molar refractivity (Wildman–Crippen MR) is 71.9 cm³/mol. The summed E-state index contributed by atoms with van der Waals surface area (Å²) in [5, 5.41) is 12.5. The first kappa shape index (κ1) is 14.5. The van der Waals surface area contributed by atoms with Gasteiger partial charge in [0.1, 0.15) is 17.7 Å². The van der Waals surface area contributed by atoms with Crippen LogP contribution in [0.5, 0.6) is 5.88 Å². The maximum Gasteiger partial charge on any atom is 0.329 e. The van der Waals surface area contributed by atoms with Crippen LogP contribution in [0.15, 0.2) is 12.4 Å². The molecule has 1 aliphatic rings. The fourth-order valence-electron chi connectivity index (χ4n) is 2.05. The van der Waals surface area contributed by atoms with E-state index in [0.717, 1.165) is 6.42 Å². The maximum atomic E-state index is 11.5. The minimum Gasteiger partial charge on any atom is -0.480 e. The number of carbonyl (C=O) groups is 1. The van der Waals surface area contributed by atoms with Gasteiger partial charge < -0.3 is 19.9 Å². The van der Waals surface area contributed by atoms with Gasteiger partial charge in [-0.1, -0.05) is 6.92 Å². The van der Waals surface area contributed by atoms with Crippen molar-refractivity contribution in [3.63, 3.8) is 0 Å². The van der Waals surface area contributed by atoms with Gasteiger partial charge in [-0.25, -0.2) is 14.8 Å². The molecule has 2 heterocycles. The van der Waals surface area contributed by atoms with E-state index in [4.69, 9.17) is 9.47 Å². The summed E-state index contributed by atoms with van der Waals surface area (Å²) < 4.78 is 10.6. The number of rotatable bonds is 6. The number of ether oxygens (including phenoxy) is 2. The van der Waals surface area contributed by atoms with Crippen LogP contribution in [-0.2, 0) is 9.53 Å². The monoisotopic (exact) mass is 281 g/mol. The SMILES string of the molecule is CCCOc1cc(NC2(C(=O)O)CCOCC2)ncn1. The van der Waals surface area contributed by atoms with Crippen molar-refractivity contribution < 1.29 is 19.4 Å². The molecule has 1 fully saturated rings. The van der Waals surface area contributed by atoms with Crippen LogP contribution < -0.4 is 10.1 Å². The summed E-state index contributed by atoms with van der Waals surface area (Å²) >= 11 is 0. The Morgan fingerprint density at radius 1 is 1.50 bits per heavy atom. The molecular formula is C13H19N3O4. The summed E-state index contributed by atoms with van der Waals surface area (Å²) in [7, 11) is 0. The van der Waals surface area contributed by atoms with Crippen molar-refractivity contribution in [1.29, 1.82) is 0 Å². The minimum absolute atomic E-state index is 0.400. The third-order valence-electron chi connectivity index (χ3n) is 3.22. The molecule has 7 nitrogen and oxygen atoms in total. The van der Waals surface area contributed by atoms with Crippen LogP contribution in [0.2, 0.25) is 0 Å². The molecule has 110 valence electrons. The van der Waals surface area contributed by atoms with Crippen molar-refractivity contribution in [2.24, 2.45) is 0 Å². The molecule has 2 N–H and O–H groups in total. The lowest BCUT2D eigenvalue weighted by Crippen LogP contribution is -2.50. The summed E-state index contributed by atoms with van der Waals surface area (Å²) in [6.45, 7) is 3.41. The highest BCUT2D eigenvalue weighted by Gasteiger charge is 2.40. The molecule has 0 spiro atoms. The van der Waals surface area contributed by atoms with Crippen LogP contribution in [0.4, 0.5) is 5.82 Å². The van der Waals surface area contributed by atoms with E-state index in [1.54, 1.807) is 6.07 Å². The molecular weight excluding hydrogens is 262 g/mol. The summed E-state index contributed by atoms with van der Waals surface area (Å²) in [5.41, 5.74) is -1.03. The van der Waals surface area contributed by atoms with E-state index < -0.39 is 11.5 Å². The highest BCUT2D eigenvalue weighted by atomic mass is 16.5. The molecule has 0 aromatic carbocycles. The second-order valence-corrected chi connectivity index (χ2v) is 4.71. The van der Waals surface area contributed by atoms with Gasteiger partial charge in [0.05, 0.1) is 6.61 Å². The Kier molecular flexibility index (Phi) is 4.73. The Morgan fingerprint density at radius 2 is 2.25 bits per heavy atom. The highest BCUT2D eigenvalue weighted by Crippen LogP contribution is 2.26. The van der Waals surface area contributed by atoms with Crippen LogP contribution in [0.1, 0.15) is 26.2 Å². The predicted octanol–water partition coefficient (Wildman–Crippen LogP) is 1.31. The molecule has 0 amide bonds. The van der Waals surface area contributed by atoms with E-state index in [9.17, 15) is 9.90 Å². The zero-order chi connectivity index (χ0) is 14.4. The van der Waals surface area contributed by atoms with E-state index in [1.165, 1.54) is 6.33 Å². The van der Waals surface area contributed by atoms with Gasteiger partial charge in [-0.05, 0) is 6.42 Å². The van der Waals surface area contributed by atoms with Crippen molar-refractivity contribution in [2.45, 2.75) is 31.7 Å². The molecule has 2 rings (SSSR count). The van der Waals surface area contributed by atoms with E-state index in [0.29, 0.717) is 44.4 Å². The van der Waals surface area contributed by atoms with Gasteiger partial charge in [0, 0.05) is 32.1 Å². The van der Waals surface area contributed by atoms with Crippen LogP contribution >= 0.6 is 0 Å². The number of carboxylic acid groups (broad SMARTS) is 1. The number of aliphatic carboxylic acids is 1. The van der Waals surface area contributed by atoms with E-state index in [1.807, 2.05) is 6.92 Å². The lowest BCUT2D eigenvalue weighted by molar-refractivity contribution is -0.145. The van der Waals surface area contributed by atoms with Crippen LogP contribution in [0, 0.1) is 0 Å². The number of anilines is 1. The van der Waals surface area contributed by atoms with E-state index >= 15 is 0 Å². The van der Waals surface area contributed by atoms with Crippen molar-refractivity contribution >= 4 is 11.8 Å². The number of aromatic nitrogens is 2. The molecule has 1 saturated heterocycles. The molecule has 0 radical (unpaired) electrons. The number of carboxylic acids is 1. The smallest absolute Gasteiger partial charge is 0.329 e. The van der Waals surface area contributed by atoms with Crippen molar-refractivity contribution in [3.8, 4) is 5.88 Å². The molecule has 0 atom stereocenters. The van der Waals surface area contributed by atoms with Gasteiger partial charge in [0.15, 0.2) is 0 Å². The average Bonchev–Trinajstić information content (AvgIpc) is 2.46. The fraction of sp³-hybridized carbons (Fsp3) is 0.615. The van der Waals surface area contributed by atoms with Crippen LogP contribution in [0.3, 0.4) is 0 Å². The van der Waals surface area contributed by atoms with E-state index in [-0.39, 0.29) is 0 Å². The first-order chi connectivity index (χ1) is 9.66. The third-order valence-corrected chi connectivity index (χ3v) is 3.22. The molecule has 0 bridgehead atoms. The topological polar surface area (TPSA) is 93.6 Å². The quantitative estimate of drug-likeness (QED) is 0.812. The molecule has 0 saturated carbocycles. The fourth-order valence-corrected chi connectivity index (χ4v) is 2.05. The number of nitrogens with one attached hydrogen (secondary N) is 1. The van der Waals surface area contributed by atoms with Gasteiger partial charge in [0.25, 0.3) is 0 Å². The Labute approximate surface area is 117 Å². The third kappa shape index (κ3) is 3.36. The normalized spacial score (nSPS) is 17.4. The lowest BCUT2D eigenvalue weighted by atomic mass is 9.90. The second-order valence-electron chi connectivity index (χ2n) is 4.71. The zero-order valence-corrected chi connectivity index (χ0v) is 11.5. The second kappa shape index (κ2) is 6.51.